The molecule has 15 heavy (non-hydrogen) atoms. The van der Waals surface area contributed by atoms with E-state index >= 15 is 0 Å². The van der Waals surface area contributed by atoms with Crippen LogP contribution in [-0.2, 0) is 0 Å². The summed E-state index contributed by atoms with van der Waals surface area (Å²) in [6, 6.07) is 0. The largest absolute Gasteiger partial charge is 0.391 e. The van der Waals surface area contributed by atoms with E-state index in [0.29, 0.717) is 13.0 Å². The summed E-state index contributed by atoms with van der Waals surface area (Å²) >= 11 is 0. The standard InChI is InChI=1S/C13H27NO/c1-2-3-4-5-6-7-8-9-10-11-13(15)12-14/h9-10,13,15H,2-8,11-12,14H2,1H3. The van der Waals surface area contributed by atoms with Gasteiger partial charge in [-0.15, -0.1) is 0 Å². The molecule has 0 aromatic carbocycles. The molecule has 0 fully saturated rings. The van der Waals surface area contributed by atoms with Crippen molar-refractivity contribution in [1.29, 1.82) is 0 Å². The van der Waals surface area contributed by atoms with Crippen molar-refractivity contribution in [3.05, 3.63) is 12.2 Å². The molecule has 0 aliphatic heterocycles. The van der Waals surface area contributed by atoms with Crippen molar-refractivity contribution in [1.82, 2.24) is 0 Å². The molecule has 0 amide bonds. The normalized spacial score (nSPS) is 13.5. The molecule has 1 atom stereocenters. The number of aliphatic hydroxyl groups excluding tert-OH is 1. The molecule has 1 unspecified atom stereocenters. The van der Waals surface area contributed by atoms with Crippen LogP contribution >= 0.6 is 0 Å². The van der Waals surface area contributed by atoms with Crippen molar-refractivity contribution in [2.45, 2.75) is 64.4 Å². The molecule has 2 heteroatoms. The number of nitrogens with two attached hydrogens (primary N) is 1. The van der Waals surface area contributed by atoms with E-state index in [1.165, 1.54) is 38.5 Å². The van der Waals surface area contributed by atoms with Crippen LogP contribution in [0, 0.1) is 0 Å². The molecule has 2 nitrogen and oxygen atoms in total. The number of allylic oxidation sites excluding steroid dienone is 1. The van der Waals surface area contributed by atoms with Gasteiger partial charge in [0.1, 0.15) is 0 Å². The smallest absolute Gasteiger partial charge is 0.0696 e. The summed E-state index contributed by atoms with van der Waals surface area (Å²) in [4.78, 5) is 0. The summed E-state index contributed by atoms with van der Waals surface area (Å²) < 4.78 is 0. The quantitative estimate of drug-likeness (QED) is 0.433. The van der Waals surface area contributed by atoms with Gasteiger partial charge in [-0.3, -0.25) is 0 Å². The highest BCUT2D eigenvalue weighted by atomic mass is 16.3. The highest BCUT2D eigenvalue weighted by Gasteiger charge is 1.95. The Labute approximate surface area is 94.6 Å². The third-order valence-electron chi connectivity index (χ3n) is 2.57. The van der Waals surface area contributed by atoms with E-state index in [1.807, 2.05) is 6.08 Å². The molecule has 0 aromatic heterocycles. The maximum atomic E-state index is 9.18. The molecule has 0 heterocycles. The number of hydrogen-bond acceptors (Lipinski definition) is 2. The fourth-order valence-corrected chi connectivity index (χ4v) is 1.51. The fourth-order valence-electron chi connectivity index (χ4n) is 1.51. The maximum absolute atomic E-state index is 9.18. The zero-order valence-electron chi connectivity index (χ0n) is 10.1. The summed E-state index contributed by atoms with van der Waals surface area (Å²) in [5, 5.41) is 9.18. The average molecular weight is 213 g/mol. The predicted octanol–water partition coefficient (Wildman–Crippen LogP) is 3.00. The Balaban J connectivity index is 3.09. The molecule has 0 aliphatic rings. The maximum Gasteiger partial charge on any atom is 0.0696 e. The summed E-state index contributed by atoms with van der Waals surface area (Å²) in [6.45, 7) is 2.60. The van der Waals surface area contributed by atoms with Gasteiger partial charge in [-0.25, -0.2) is 0 Å². The first kappa shape index (κ1) is 14.7. The molecule has 0 radical (unpaired) electrons. The topological polar surface area (TPSA) is 46.2 Å². The van der Waals surface area contributed by atoms with Crippen LogP contribution in [0.5, 0.6) is 0 Å². The van der Waals surface area contributed by atoms with Crippen molar-refractivity contribution < 1.29 is 5.11 Å². The van der Waals surface area contributed by atoms with Gasteiger partial charge in [0.25, 0.3) is 0 Å². The van der Waals surface area contributed by atoms with Gasteiger partial charge < -0.3 is 10.8 Å². The first-order valence-corrected chi connectivity index (χ1v) is 6.34. The van der Waals surface area contributed by atoms with E-state index in [1.54, 1.807) is 0 Å². The third kappa shape index (κ3) is 11.6. The Bertz CT molecular complexity index is 145. The van der Waals surface area contributed by atoms with Crippen LogP contribution in [0.25, 0.3) is 0 Å². The lowest BCUT2D eigenvalue weighted by molar-refractivity contribution is 0.186. The molecule has 90 valence electrons. The monoisotopic (exact) mass is 213 g/mol. The van der Waals surface area contributed by atoms with Gasteiger partial charge in [-0.1, -0.05) is 51.2 Å². The van der Waals surface area contributed by atoms with Crippen LogP contribution in [0.15, 0.2) is 12.2 Å². The highest BCUT2D eigenvalue weighted by Crippen LogP contribution is 2.07. The Hall–Kier alpha value is -0.340. The molecular formula is C13H27NO. The van der Waals surface area contributed by atoms with Crippen molar-refractivity contribution in [2.75, 3.05) is 6.54 Å². The van der Waals surface area contributed by atoms with Crippen LogP contribution in [0.3, 0.4) is 0 Å². The second kappa shape index (κ2) is 11.7. The van der Waals surface area contributed by atoms with Crippen molar-refractivity contribution >= 4 is 0 Å². The van der Waals surface area contributed by atoms with E-state index in [4.69, 9.17) is 5.73 Å². The van der Waals surface area contributed by atoms with Crippen LogP contribution in [0.4, 0.5) is 0 Å². The van der Waals surface area contributed by atoms with Crippen LogP contribution in [0.2, 0.25) is 0 Å². The fraction of sp³-hybridized carbons (Fsp3) is 0.846. The summed E-state index contributed by atoms with van der Waals surface area (Å²) in [5.41, 5.74) is 5.30. The van der Waals surface area contributed by atoms with Gasteiger partial charge in [0.05, 0.1) is 6.10 Å². The molecule has 0 aliphatic carbocycles. The predicted molar refractivity (Wildman–Crippen MR) is 66.8 cm³/mol. The zero-order chi connectivity index (χ0) is 11.4. The SMILES string of the molecule is CCCCCCCCC=CCC(O)CN. The number of hydrogen-bond donors (Lipinski definition) is 2. The third-order valence-corrected chi connectivity index (χ3v) is 2.57. The number of aliphatic hydroxyl groups is 1. The minimum absolute atomic E-state index is 0.356. The van der Waals surface area contributed by atoms with Crippen LogP contribution in [0.1, 0.15) is 58.3 Å². The summed E-state index contributed by atoms with van der Waals surface area (Å²) in [6.07, 6.45) is 13.8. The highest BCUT2D eigenvalue weighted by molar-refractivity contribution is 4.84. The summed E-state index contributed by atoms with van der Waals surface area (Å²) in [7, 11) is 0. The lowest BCUT2D eigenvalue weighted by atomic mass is 10.1. The van der Waals surface area contributed by atoms with Crippen LogP contribution < -0.4 is 5.73 Å². The number of rotatable bonds is 10. The summed E-state index contributed by atoms with van der Waals surface area (Å²) in [5.74, 6) is 0. The van der Waals surface area contributed by atoms with Gasteiger partial charge in [0.15, 0.2) is 0 Å². The second-order valence-corrected chi connectivity index (χ2v) is 4.15. The Morgan fingerprint density at radius 3 is 2.40 bits per heavy atom. The minimum atomic E-state index is -0.356. The average Bonchev–Trinajstić information content (AvgIpc) is 2.26. The molecule has 0 saturated heterocycles. The molecular weight excluding hydrogens is 186 g/mol. The number of unbranched alkanes of at least 4 members (excludes halogenated alkanes) is 6. The first-order chi connectivity index (χ1) is 7.31. The molecule has 0 rings (SSSR count). The lowest BCUT2D eigenvalue weighted by Crippen LogP contribution is -2.18. The Morgan fingerprint density at radius 2 is 1.73 bits per heavy atom. The molecule has 0 spiro atoms. The van der Waals surface area contributed by atoms with Gasteiger partial charge in [-0.05, 0) is 19.3 Å². The van der Waals surface area contributed by atoms with E-state index in [2.05, 4.69) is 13.0 Å². The van der Waals surface area contributed by atoms with E-state index in [0.717, 1.165) is 6.42 Å². The second-order valence-electron chi connectivity index (χ2n) is 4.15. The van der Waals surface area contributed by atoms with Crippen molar-refractivity contribution in [3.8, 4) is 0 Å². The lowest BCUT2D eigenvalue weighted by Gasteiger charge is -2.01. The van der Waals surface area contributed by atoms with Crippen molar-refractivity contribution in [2.24, 2.45) is 5.73 Å². The molecule has 0 aromatic rings. The van der Waals surface area contributed by atoms with E-state index in [9.17, 15) is 5.11 Å². The molecule has 0 saturated carbocycles. The minimum Gasteiger partial charge on any atom is -0.391 e. The van der Waals surface area contributed by atoms with Gasteiger partial charge in [-0.2, -0.15) is 0 Å². The molecule has 3 N–H and O–H groups in total. The van der Waals surface area contributed by atoms with Gasteiger partial charge >= 0.3 is 0 Å². The first-order valence-electron chi connectivity index (χ1n) is 6.34. The Morgan fingerprint density at radius 1 is 1.07 bits per heavy atom. The zero-order valence-corrected chi connectivity index (χ0v) is 10.1. The molecule has 0 bridgehead atoms. The van der Waals surface area contributed by atoms with Crippen LogP contribution in [-0.4, -0.2) is 17.8 Å². The van der Waals surface area contributed by atoms with Crippen molar-refractivity contribution in [3.63, 3.8) is 0 Å². The van der Waals surface area contributed by atoms with E-state index < -0.39 is 0 Å². The van der Waals surface area contributed by atoms with Gasteiger partial charge in [0, 0.05) is 6.54 Å². The Kier molecular flexibility index (Phi) is 11.5. The van der Waals surface area contributed by atoms with Gasteiger partial charge in [0.2, 0.25) is 0 Å². The van der Waals surface area contributed by atoms with E-state index in [-0.39, 0.29) is 6.10 Å².